The molecule has 0 aliphatic heterocycles. The lowest BCUT2D eigenvalue weighted by molar-refractivity contribution is 0.0694. The molecule has 3 nitrogen and oxygen atoms in total. The number of hydrogen-bond acceptors (Lipinski definition) is 2. The van der Waals surface area contributed by atoms with E-state index in [4.69, 9.17) is 4.74 Å². The Labute approximate surface area is 144 Å². The maximum Gasteiger partial charge on any atom is 0.339 e. The Morgan fingerprint density at radius 1 is 1.00 bits per heavy atom. The van der Waals surface area contributed by atoms with Gasteiger partial charge in [-0.15, -0.1) is 0 Å². The van der Waals surface area contributed by atoms with Crippen LogP contribution in [0, 0.1) is 5.41 Å². The monoisotopic (exact) mass is 326 g/mol. The van der Waals surface area contributed by atoms with Crippen LogP contribution < -0.4 is 4.74 Å². The number of carboxylic acids is 1. The van der Waals surface area contributed by atoms with Gasteiger partial charge < -0.3 is 9.84 Å². The second kappa shape index (κ2) is 6.68. The quantitative estimate of drug-likeness (QED) is 0.745. The van der Waals surface area contributed by atoms with Gasteiger partial charge in [0.2, 0.25) is 0 Å². The summed E-state index contributed by atoms with van der Waals surface area (Å²) in [6.45, 7) is 10.9. The molecule has 0 bridgehead atoms. The lowest BCUT2D eigenvalue weighted by Gasteiger charge is -2.33. The average molecular weight is 326 g/mol. The first-order valence-electron chi connectivity index (χ1n) is 8.19. The smallest absolute Gasteiger partial charge is 0.339 e. The lowest BCUT2D eigenvalue weighted by atomic mass is 9.72. The molecule has 2 rings (SSSR count). The fourth-order valence-electron chi connectivity index (χ4n) is 3.25. The molecule has 24 heavy (non-hydrogen) atoms. The molecule has 2 aromatic rings. The summed E-state index contributed by atoms with van der Waals surface area (Å²) in [7, 11) is 0. The first-order valence-corrected chi connectivity index (χ1v) is 8.19. The molecule has 0 spiro atoms. The highest BCUT2D eigenvalue weighted by Gasteiger charge is 2.28. The van der Waals surface area contributed by atoms with Crippen LogP contribution in [0.4, 0.5) is 0 Å². The molecular formula is C21H26O3. The topological polar surface area (TPSA) is 46.5 Å². The number of carbonyl (C=O) groups is 1. The first kappa shape index (κ1) is 18.1. The van der Waals surface area contributed by atoms with Gasteiger partial charge in [0.05, 0.1) is 0 Å². The number of carboxylic acid groups (broad SMARTS) is 1. The van der Waals surface area contributed by atoms with E-state index in [2.05, 4.69) is 34.6 Å². The van der Waals surface area contributed by atoms with Gasteiger partial charge in [-0.3, -0.25) is 0 Å². The zero-order chi connectivity index (χ0) is 18.0. The van der Waals surface area contributed by atoms with Gasteiger partial charge in [-0.05, 0) is 47.1 Å². The molecule has 3 heteroatoms. The predicted molar refractivity (Wildman–Crippen MR) is 97.0 cm³/mol. The molecule has 2 aromatic carbocycles. The molecule has 1 N–H and O–H groups in total. The van der Waals surface area contributed by atoms with Crippen LogP contribution >= 0.6 is 0 Å². The molecule has 0 aliphatic carbocycles. The van der Waals surface area contributed by atoms with Gasteiger partial charge in [0.1, 0.15) is 17.1 Å². The fourth-order valence-corrected chi connectivity index (χ4v) is 3.25. The van der Waals surface area contributed by atoms with Crippen molar-refractivity contribution in [3.05, 3.63) is 59.7 Å². The summed E-state index contributed by atoms with van der Waals surface area (Å²) in [6, 6.07) is 14.7. The van der Waals surface area contributed by atoms with Gasteiger partial charge in [0.25, 0.3) is 0 Å². The second-order valence-electron chi connectivity index (χ2n) is 8.05. The molecule has 0 heterocycles. The van der Waals surface area contributed by atoms with E-state index in [0.717, 1.165) is 12.0 Å². The van der Waals surface area contributed by atoms with Gasteiger partial charge in [0, 0.05) is 0 Å². The Hall–Kier alpha value is -2.29. The molecule has 0 saturated carbocycles. The third kappa shape index (κ3) is 4.60. The number of hydrogen-bond donors (Lipinski definition) is 1. The maximum atomic E-state index is 11.7. The molecule has 0 aromatic heterocycles. The van der Waals surface area contributed by atoms with Crippen molar-refractivity contribution >= 4 is 5.97 Å². The molecule has 128 valence electrons. The molecule has 0 unspecified atom stereocenters. The Balaban J connectivity index is 2.38. The van der Waals surface area contributed by atoms with Gasteiger partial charge >= 0.3 is 5.97 Å². The third-order valence-corrected chi connectivity index (χ3v) is 3.93. The maximum absolute atomic E-state index is 11.7. The summed E-state index contributed by atoms with van der Waals surface area (Å²) in [5.74, 6) is 0.0139. The molecule has 0 saturated heterocycles. The fraction of sp³-hybridized carbons (Fsp3) is 0.381. The van der Waals surface area contributed by atoms with Crippen LogP contribution in [0.3, 0.4) is 0 Å². The Morgan fingerprint density at radius 3 is 2.17 bits per heavy atom. The average Bonchev–Trinajstić information content (AvgIpc) is 2.45. The number of para-hydroxylation sites is 1. The number of aromatic carboxylic acids is 1. The van der Waals surface area contributed by atoms with Crippen molar-refractivity contribution in [1.29, 1.82) is 0 Å². The summed E-state index contributed by atoms with van der Waals surface area (Å²) in [5.41, 5.74) is 1.24. The standard InChI is InChI=1S/C21H26O3/c1-20(2,3)14-21(4,5)15-11-12-18(17(13-15)19(22)23)24-16-9-7-6-8-10-16/h6-13H,14H2,1-5H3,(H,22,23). The Kier molecular flexibility index (Phi) is 5.02. The van der Waals surface area contributed by atoms with E-state index in [0.29, 0.717) is 11.5 Å². The van der Waals surface area contributed by atoms with Crippen LogP contribution in [0.15, 0.2) is 48.5 Å². The predicted octanol–water partition coefficient (Wildman–Crippen LogP) is 5.89. The number of rotatable bonds is 5. The highest BCUT2D eigenvalue weighted by Crippen LogP contribution is 2.38. The van der Waals surface area contributed by atoms with Crippen molar-refractivity contribution in [3.8, 4) is 11.5 Å². The minimum atomic E-state index is -0.977. The minimum absolute atomic E-state index is 0.117. The second-order valence-corrected chi connectivity index (χ2v) is 8.05. The largest absolute Gasteiger partial charge is 0.478 e. The summed E-state index contributed by atoms with van der Waals surface area (Å²) in [5, 5.41) is 9.59. The zero-order valence-electron chi connectivity index (χ0n) is 15.1. The van der Waals surface area contributed by atoms with Crippen LogP contribution in [-0.4, -0.2) is 11.1 Å². The van der Waals surface area contributed by atoms with Crippen molar-refractivity contribution in [1.82, 2.24) is 0 Å². The van der Waals surface area contributed by atoms with Crippen LogP contribution in [0.2, 0.25) is 0 Å². The van der Waals surface area contributed by atoms with E-state index in [-0.39, 0.29) is 16.4 Å². The highest BCUT2D eigenvalue weighted by atomic mass is 16.5. The van der Waals surface area contributed by atoms with E-state index < -0.39 is 5.97 Å². The van der Waals surface area contributed by atoms with Crippen LogP contribution in [0.5, 0.6) is 11.5 Å². The van der Waals surface area contributed by atoms with Crippen molar-refractivity contribution < 1.29 is 14.6 Å². The summed E-state index contributed by atoms with van der Waals surface area (Å²) >= 11 is 0. The SMILES string of the molecule is CC(C)(C)CC(C)(C)c1ccc(Oc2ccccc2)c(C(=O)O)c1. The lowest BCUT2D eigenvalue weighted by Crippen LogP contribution is -2.25. The minimum Gasteiger partial charge on any atom is -0.478 e. The van der Waals surface area contributed by atoms with E-state index >= 15 is 0 Å². The summed E-state index contributed by atoms with van der Waals surface area (Å²) < 4.78 is 5.76. The molecule has 0 aliphatic rings. The van der Waals surface area contributed by atoms with Crippen molar-refractivity contribution in [2.75, 3.05) is 0 Å². The third-order valence-electron chi connectivity index (χ3n) is 3.93. The summed E-state index contributed by atoms with van der Waals surface area (Å²) in [6.07, 6.45) is 0.956. The number of ether oxygens (including phenoxy) is 1. The van der Waals surface area contributed by atoms with E-state index in [1.807, 2.05) is 36.4 Å². The molecule has 0 atom stereocenters. The van der Waals surface area contributed by atoms with Crippen LogP contribution in [-0.2, 0) is 5.41 Å². The molecule has 0 radical (unpaired) electrons. The highest BCUT2D eigenvalue weighted by molar-refractivity contribution is 5.91. The Bertz CT molecular complexity index is 710. The number of benzene rings is 2. The van der Waals surface area contributed by atoms with Gasteiger partial charge in [-0.2, -0.15) is 0 Å². The van der Waals surface area contributed by atoms with Crippen molar-refractivity contribution in [2.45, 2.75) is 46.5 Å². The van der Waals surface area contributed by atoms with Crippen LogP contribution in [0.1, 0.15) is 57.0 Å². The first-order chi connectivity index (χ1) is 11.1. The van der Waals surface area contributed by atoms with Crippen LogP contribution in [0.25, 0.3) is 0 Å². The van der Waals surface area contributed by atoms with E-state index in [9.17, 15) is 9.90 Å². The summed E-state index contributed by atoms with van der Waals surface area (Å²) in [4.78, 5) is 11.7. The molecule has 0 amide bonds. The van der Waals surface area contributed by atoms with Gasteiger partial charge in [-0.25, -0.2) is 4.79 Å². The Morgan fingerprint density at radius 2 is 1.62 bits per heavy atom. The molecular weight excluding hydrogens is 300 g/mol. The van der Waals surface area contributed by atoms with Crippen molar-refractivity contribution in [3.63, 3.8) is 0 Å². The van der Waals surface area contributed by atoms with E-state index in [1.165, 1.54) is 0 Å². The van der Waals surface area contributed by atoms with E-state index in [1.54, 1.807) is 12.1 Å². The molecule has 0 fully saturated rings. The zero-order valence-corrected chi connectivity index (χ0v) is 15.1. The normalized spacial score (nSPS) is 12.0. The van der Waals surface area contributed by atoms with Gasteiger partial charge in [-0.1, -0.05) is 58.9 Å². The van der Waals surface area contributed by atoms with Crippen molar-refractivity contribution in [2.24, 2.45) is 5.41 Å². The van der Waals surface area contributed by atoms with Gasteiger partial charge in [0.15, 0.2) is 0 Å².